The van der Waals surface area contributed by atoms with Crippen LogP contribution in [0.5, 0.6) is 5.75 Å². The first-order valence-electron chi connectivity index (χ1n) is 6.66. The fraction of sp³-hybridized carbons (Fsp3) is 0.429. The summed E-state index contributed by atoms with van der Waals surface area (Å²) in [4.78, 5) is 26.1. The summed E-state index contributed by atoms with van der Waals surface area (Å²) in [5.74, 6) is -0.175. The lowest BCUT2D eigenvalue weighted by molar-refractivity contribution is -0.161. The second-order valence-electron chi connectivity index (χ2n) is 4.82. The zero-order valence-corrected chi connectivity index (χ0v) is 12.0. The number of carbonyl (C=O) groups excluding carboxylic acids is 1. The molecule has 1 aromatic carbocycles. The highest BCUT2D eigenvalue weighted by atomic mass is 32.2. The Balaban J connectivity index is 1.75. The van der Waals surface area contributed by atoms with Gasteiger partial charge in [0.15, 0.2) is 12.1 Å². The number of morpholine rings is 1. The normalized spacial score (nSPS) is 24.9. The maximum Gasteiger partial charge on any atom is 0.328 e. The molecule has 0 bridgehead atoms. The van der Waals surface area contributed by atoms with Crippen molar-refractivity contribution in [2.24, 2.45) is 0 Å². The zero-order valence-electron chi connectivity index (χ0n) is 11.2. The monoisotopic (exact) mass is 309 g/mol. The summed E-state index contributed by atoms with van der Waals surface area (Å²) in [7, 11) is 0. The number of benzene rings is 1. The first kappa shape index (κ1) is 14.2. The van der Waals surface area contributed by atoms with Crippen molar-refractivity contribution in [3.63, 3.8) is 0 Å². The Kier molecular flexibility index (Phi) is 4.03. The van der Waals surface area contributed by atoms with Gasteiger partial charge in [-0.05, 0) is 12.1 Å². The molecule has 0 saturated carbocycles. The lowest BCUT2D eigenvalue weighted by atomic mass is 10.2. The van der Waals surface area contributed by atoms with Crippen LogP contribution in [0.15, 0.2) is 29.2 Å². The molecule has 0 spiro atoms. The number of carboxylic acids is 1. The summed E-state index contributed by atoms with van der Waals surface area (Å²) in [5.41, 5.74) is 0. The van der Waals surface area contributed by atoms with E-state index < -0.39 is 18.1 Å². The number of carbonyl (C=O) groups is 2. The Bertz CT molecular complexity index is 564. The molecule has 112 valence electrons. The van der Waals surface area contributed by atoms with E-state index >= 15 is 0 Å². The van der Waals surface area contributed by atoms with Crippen molar-refractivity contribution in [2.75, 3.05) is 25.5 Å². The van der Waals surface area contributed by atoms with E-state index in [2.05, 4.69) is 0 Å². The third-order valence-corrected chi connectivity index (χ3v) is 4.60. The van der Waals surface area contributed by atoms with Gasteiger partial charge in [0.05, 0.1) is 13.2 Å². The highest BCUT2D eigenvalue weighted by Crippen LogP contribution is 2.35. The Morgan fingerprint density at radius 2 is 2.14 bits per heavy atom. The van der Waals surface area contributed by atoms with Gasteiger partial charge in [0.2, 0.25) is 0 Å². The van der Waals surface area contributed by atoms with Crippen molar-refractivity contribution in [3.05, 3.63) is 24.3 Å². The molecule has 3 rings (SSSR count). The van der Waals surface area contributed by atoms with Gasteiger partial charge < -0.3 is 19.5 Å². The van der Waals surface area contributed by atoms with Crippen molar-refractivity contribution in [1.29, 1.82) is 0 Å². The fourth-order valence-electron chi connectivity index (χ4n) is 2.40. The third kappa shape index (κ3) is 2.84. The van der Waals surface area contributed by atoms with Crippen molar-refractivity contribution in [2.45, 2.75) is 17.0 Å². The molecule has 2 unspecified atom stereocenters. The van der Waals surface area contributed by atoms with Crippen LogP contribution in [0, 0.1) is 0 Å². The summed E-state index contributed by atoms with van der Waals surface area (Å²) >= 11 is 1.55. The van der Waals surface area contributed by atoms with Crippen LogP contribution in [0.25, 0.3) is 0 Å². The van der Waals surface area contributed by atoms with E-state index in [4.69, 9.17) is 9.47 Å². The summed E-state index contributed by atoms with van der Waals surface area (Å²) < 4.78 is 10.9. The molecule has 2 aliphatic heterocycles. The van der Waals surface area contributed by atoms with Gasteiger partial charge in [-0.15, -0.1) is 11.8 Å². The molecule has 1 amide bonds. The van der Waals surface area contributed by atoms with Crippen LogP contribution in [0.3, 0.4) is 0 Å². The van der Waals surface area contributed by atoms with Crippen LogP contribution in [0.4, 0.5) is 0 Å². The number of hydrogen-bond donors (Lipinski definition) is 1. The maximum absolute atomic E-state index is 12.5. The predicted molar refractivity (Wildman–Crippen MR) is 75.5 cm³/mol. The van der Waals surface area contributed by atoms with E-state index in [-0.39, 0.29) is 19.1 Å². The van der Waals surface area contributed by atoms with E-state index in [1.54, 1.807) is 11.8 Å². The van der Waals surface area contributed by atoms with Gasteiger partial charge in [-0.3, -0.25) is 4.79 Å². The maximum atomic E-state index is 12.5. The minimum absolute atomic E-state index is 0.0253. The Hall–Kier alpha value is -1.73. The van der Waals surface area contributed by atoms with Gasteiger partial charge >= 0.3 is 5.97 Å². The average Bonchev–Trinajstić information content (AvgIpc) is 2.53. The van der Waals surface area contributed by atoms with E-state index in [1.807, 2.05) is 24.3 Å². The van der Waals surface area contributed by atoms with Crippen molar-refractivity contribution >= 4 is 23.6 Å². The Morgan fingerprint density at radius 1 is 1.33 bits per heavy atom. The van der Waals surface area contributed by atoms with Crippen molar-refractivity contribution in [3.8, 4) is 5.75 Å². The van der Waals surface area contributed by atoms with Crippen molar-refractivity contribution in [1.82, 2.24) is 4.90 Å². The molecule has 0 aromatic heterocycles. The second-order valence-corrected chi connectivity index (χ2v) is 5.89. The highest BCUT2D eigenvalue weighted by molar-refractivity contribution is 7.99. The molecule has 1 fully saturated rings. The number of fused-ring (bicyclic) bond motifs is 1. The zero-order chi connectivity index (χ0) is 14.8. The fourth-order valence-corrected chi connectivity index (χ4v) is 3.37. The molecule has 2 aliphatic rings. The number of ether oxygens (including phenoxy) is 2. The molecule has 2 heterocycles. The van der Waals surface area contributed by atoms with Gasteiger partial charge in [-0.25, -0.2) is 4.79 Å². The van der Waals surface area contributed by atoms with Gasteiger partial charge in [0.25, 0.3) is 5.91 Å². The number of amides is 1. The highest BCUT2D eigenvalue weighted by Gasteiger charge is 2.38. The number of rotatable bonds is 2. The Morgan fingerprint density at radius 3 is 2.95 bits per heavy atom. The smallest absolute Gasteiger partial charge is 0.328 e. The summed E-state index contributed by atoms with van der Waals surface area (Å²) in [5, 5.41) is 9.19. The van der Waals surface area contributed by atoms with Crippen LogP contribution in [-0.2, 0) is 14.3 Å². The lowest BCUT2D eigenvalue weighted by Crippen LogP contribution is -2.56. The molecule has 1 N–H and O–H groups in total. The van der Waals surface area contributed by atoms with Crippen molar-refractivity contribution < 1.29 is 24.2 Å². The van der Waals surface area contributed by atoms with E-state index in [0.717, 1.165) is 4.90 Å². The number of hydrogen-bond acceptors (Lipinski definition) is 5. The molecular weight excluding hydrogens is 294 g/mol. The quantitative estimate of drug-likeness (QED) is 0.873. The molecule has 0 radical (unpaired) electrons. The topological polar surface area (TPSA) is 76.1 Å². The summed E-state index contributed by atoms with van der Waals surface area (Å²) in [6.45, 7) is 0.658. The molecular formula is C14H15NO5S. The number of nitrogens with zero attached hydrogens (tertiary/aromatic N) is 1. The first-order valence-corrected chi connectivity index (χ1v) is 7.65. The minimum atomic E-state index is -1.05. The summed E-state index contributed by atoms with van der Waals surface area (Å²) in [6, 6.07) is 6.59. The van der Waals surface area contributed by atoms with Crippen LogP contribution in [0.1, 0.15) is 0 Å². The SMILES string of the molecule is O=C(O)C1COCCN1C(=O)C1CSc2ccccc2O1. The van der Waals surface area contributed by atoms with Gasteiger partial charge in [0, 0.05) is 17.2 Å². The number of para-hydroxylation sites is 1. The first-order chi connectivity index (χ1) is 10.2. The summed E-state index contributed by atoms with van der Waals surface area (Å²) in [6.07, 6.45) is -0.648. The standard InChI is InChI=1S/C14H15NO5S/c16-13(15-5-6-19-7-9(15)14(17)18)11-8-21-12-4-2-1-3-10(12)20-11/h1-4,9,11H,5-8H2,(H,17,18). The molecule has 6 nitrogen and oxygen atoms in total. The van der Waals surface area contributed by atoms with Gasteiger partial charge in [0.1, 0.15) is 5.75 Å². The van der Waals surface area contributed by atoms with Gasteiger partial charge in [-0.1, -0.05) is 12.1 Å². The number of thioether (sulfide) groups is 1. The molecule has 21 heavy (non-hydrogen) atoms. The molecule has 0 aliphatic carbocycles. The van der Waals surface area contributed by atoms with Crippen LogP contribution in [-0.4, -0.2) is 59.5 Å². The average molecular weight is 309 g/mol. The van der Waals surface area contributed by atoms with Crippen LogP contribution < -0.4 is 4.74 Å². The van der Waals surface area contributed by atoms with Crippen LogP contribution in [0.2, 0.25) is 0 Å². The third-order valence-electron chi connectivity index (χ3n) is 3.48. The van der Waals surface area contributed by atoms with E-state index in [1.165, 1.54) is 4.90 Å². The van der Waals surface area contributed by atoms with E-state index in [9.17, 15) is 14.7 Å². The molecule has 1 aromatic rings. The van der Waals surface area contributed by atoms with E-state index in [0.29, 0.717) is 18.1 Å². The molecule has 2 atom stereocenters. The minimum Gasteiger partial charge on any atom is -0.480 e. The van der Waals surface area contributed by atoms with Crippen LogP contribution >= 0.6 is 11.8 Å². The van der Waals surface area contributed by atoms with Gasteiger partial charge in [-0.2, -0.15) is 0 Å². The second kappa shape index (κ2) is 5.95. The largest absolute Gasteiger partial charge is 0.480 e. The molecule has 7 heteroatoms. The number of carboxylic acid groups (broad SMARTS) is 1. The number of aliphatic carboxylic acids is 1. The predicted octanol–water partition coefficient (Wildman–Crippen LogP) is 0.852. The lowest BCUT2D eigenvalue weighted by Gasteiger charge is -2.36. The molecule has 1 saturated heterocycles. The Labute approximate surface area is 126 Å².